The first kappa shape index (κ1) is 27.8. The highest BCUT2D eigenvalue weighted by Gasteiger charge is 2.26. The van der Waals surface area contributed by atoms with E-state index >= 15 is 0 Å². The van der Waals surface area contributed by atoms with Crippen molar-refractivity contribution in [2.75, 3.05) is 5.32 Å². The van der Waals surface area contributed by atoms with Crippen LogP contribution < -0.4 is 21.3 Å². The molecule has 208 valence electrons. The van der Waals surface area contributed by atoms with Crippen LogP contribution in [0.4, 0.5) is 5.00 Å². The second-order valence-corrected chi connectivity index (χ2v) is 11.9. The maximum atomic E-state index is 13.5. The number of anilines is 1. The summed E-state index contributed by atoms with van der Waals surface area (Å²) in [4.78, 5) is 44.6. The van der Waals surface area contributed by atoms with Gasteiger partial charge in [-0.2, -0.15) is 10.2 Å². The minimum Gasteiger partial charge on any atom is -0.438 e. The number of aryl methyl sites for hydroxylation is 1. The number of carbonyl (C=O) groups excluding carboxylic acids is 2. The van der Waals surface area contributed by atoms with Gasteiger partial charge in [0.15, 0.2) is 0 Å². The summed E-state index contributed by atoms with van der Waals surface area (Å²) in [7, 11) is 0. The van der Waals surface area contributed by atoms with Gasteiger partial charge in [0.05, 0.1) is 5.56 Å². The Balaban J connectivity index is 1.55. The number of benzene rings is 1. The lowest BCUT2D eigenvalue weighted by Gasteiger charge is -2.19. The first-order valence-corrected chi connectivity index (χ1v) is 14.1. The fourth-order valence-electron chi connectivity index (χ4n) is 4.80. The Labute approximate surface area is 240 Å². The fraction of sp³-hybridized carbons (Fsp3) is 0.258. The van der Waals surface area contributed by atoms with E-state index in [0.29, 0.717) is 22.8 Å². The molecule has 1 aliphatic carbocycles. The van der Waals surface area contributed by atoms with Crippen molar-refractivity contribution in [1.82, 2.24) is 9.38 Å². The summed E-state index contributed by atoms with van der Waals surface area (Å²) in [6.45, 7) is 6.30. The Bertz CT molecular complexity index is 1800. The number of carbonyl (C=O) groups is 2. The second-order valence-electron chi connectivity index (χ2n) is 10.8. The SMILES string of the molecule is CC(C)(C)c1ccc(Oc2nc3ccccn3c(=O)c2C=C(C#N)C(=O)Nc2sc3c(c2C(N)=O)CCCC3)cc1. The summed E-state index contributed by atoms with van der Waals surface area (Å²) < 4.78 is 7.36. The van der Waals surface area contributed by atoms with Crippen molar-refractivity contribution in [2.45, 2.75) is 51.9 Å². The predicted octanol–water partition coefficient (Wildman–Crippen LogP) is 5.37. The zero-order valence-corrected chi connectivity index (χ0v) is 23.8. The first-order chi connectivity index (χ1) is 19.6. The van der Waals surface area contributed by atoms with Gasteiger partial charge in [-0.15, -0.1) is 11.3 Å². The highest BCUT2D eigenvalue weighted by Crippen LogP contribution is 2.38. The molecule has 9 nitrogen and oxygen atoms in total. The molecular weight excluding hydrogens is 538 g/mol. The largest absolute Gasteiger partial charge is 0.438 e. The lowest BCUT2D eigenvalue weighted by Crippen LogP contribution is -2.21. The Kier molecular flexibility index (Phi) is 7.47. The molecule has 0 spiro atoms. The molecule has 0 saturated heterocycles. The zero-order chi connectivity index (χ0) is 29.3. The van der Waals surface area contributed by atoms with Crippen LogP contribution >= 0.6 is 11.3 Å². The van der Waals surface area contributed by atoms with E-state index in [0.717, 1.165) is 35.3 Å². The van der Waals surface area contributed by atoms with Crippen molar-refractivity contribution in [3.8, 4) is 17.7 Å². The van der Waals surface area contributed by atoms with Crippen molar-refractivity contribution in [1.29, 1.82) is 5.26 Å². The number of hydrogen-bond donors (Lipinski definition) is 2. The topological polar surface area (TPSA) is 140 Å². The molecule has 0 unspecified atom stereocenters. The minimum absolute atomic E-state index is 0.0466. The number of nitrogens with one attached hydrogen (secondary N) is 1. The molecule has 4 aromatic rings. The zero-order valence-electron chi connectivity index (χ0n) is 23.0. The number of primary amides is 1. The van der Waals surface area contributed by atoms with Gasteiger partial charge in [-0.05, 0) is 72.6 Å². The van der Waals surface area contributed by atoms with Gasteiger partial charge in [-0.3, -0.25) is 18.8 Å². The average Bonchev–Trinajstić information content (AvgIpc) is 3.31. The Morgan fingerprint density at radius 2 is 1.88 bits per heavy atom. The molecule has 1 aromatic carbocycles. The number of nitriles is 1. The third-order valence-corrected chi connectivity index (χ3v) is 8.17. The smallest absolute Gasteiger partial charge is 0.269 e. The van der Waals surface area contributed by atoms with E-state index < -0.39 is 17.4 Å². The van der Waals surface area contributed by atoms with Gasteiger partial charge in [0.2, 0.25) is 5.88 Å². The number of pyridine rings is 1. The van der Waals surface area contributed by atoms with Gasteiger partial charge in [-0.25, -0.2) is 0 Å². The number of hydrogen-bond acceptors (Lipinski definition) is 7. The lowest BCUT2D eigenvalue weighted by atomic mass is 9.87. The van der Waals surface area contributed by atoms with E-state index in [9.17, 15) is 19.6 Å². The summed E-state index contributed by atoms with van der Waals surface area (Å²) >= 11 is 1.29. The number of amides is 2. The molecule has 0 saturated carbocycles. The normalized spacial score (nSPS) is 13.4. The minimum atomic E-state index is -0.772. The van der Waals surface area contributed by atoms with Gasteiger partial charge in [-0.1, -0.05) is 39.0 Å². The van der Waals surface area contributed by atoms with Crippen LogP contribution in [0, 0.1) is 11.3 Å². The molecule has 3 N–H and O–H groups in total. The molecule has 41 heavy (non-hydrogen) atoms. The van der Waals surface area contributed by atoms with Crippen LogP contribution in [0.15, 0.2) is 59.0 Å². The monoisotopic (exact) mass is 567 g/mol. The van der Waals surface area contributed by atoms with Crippen LogP contribution in [0.2, 0.25) is 0 Å². The lowest BCUT2D eigenvalue weighted by molar-refractivity contribution is -0.112. The van der Waals surface area contributed by atoms with Crippen LogP contribution in [-0.2, 0) is 23.1 Å². The van der Waals surface area contributed by atoms with Gasteiger partial charge >= 0.3 is 0 Å². The van der Waals surface area contributed by atoms with Gasteiger partial charge < -0.3 is 15.8 Å². The van der Waals surface area contributed by atoms with Crippen molar-refractivity contribution in [3.05, 3.63) is 91.7 Å². The number of nitrogens with two attached hydrogens (primary N) is 1. The van der Waals surface area contributed by atoms with Gasteiger partial charge in [0.25, 0.3) is 17.4 Å². The molecule has 3 aromatic heterocycles. The van der Waals surface area contributed by atoms with Crippen molar-refractivity contribution in [2.24, 2.45) is 5.73 Å². The van der Waals surface area contributed by atoms with Crippen LogP contribution in [0.25, 0.3) is 11.7 Å². The van der Waals surface area contributed by atoms with Crippen LogP contribution in [0.3, 0.4) is 0 Å². The van der Waals surface area contributed by atoms with Crippen molar-refractivity contribution >= 4 is 39.9 Å². The van der Waals surface area contributed by atoms with Crippen molar-refractivity contribution < 1.29 is 14.3 Å². The number of nitrogens with zero attached hydrogens (tertiary/aromatic N) is 3. The van der Waals surface area contributed by atoms with E-state index in [2.05, 4.69) is 31.1 Å². The Hall–Kier alpha value is -4.75. The van der Waals surface area contributed by atoms with E-state index in [1.54, 1.807) is 36.5 Å². The number of fused-ring (bicyclic) bond motifs is 2. The van der Waals surface area contributed by atoms with Crippen LogP contribution in [-0.4, -0.2) is 21.2 Å². The quantitative estimate of drug-likeness (QED) is 0.237. The van der Waals surface area contributed by atoms with E-state index in [1.807, 2.05) is 18.2 Å². The van der Waals surface area contributed by atoms with Gasteiger partial charge in [0, 0.05) is 11.1 Å². The number of thiophene rings is 1. The average molecular weight is 568 g/mol. The molecule has 0 fully saturated rings. The molecule has 1 aliphatic rings. The summed E-state index contributed by atoms with van der Waals surface area (Å²) in [5, 5.41) is 12.9. The summed E-state index contributed by atoms with van der Waals surface area (Å²) in [5.74, 6) is -1.01. The van der Waals surface area contributed by atoms with Crippen molar-refractivity contribution in [3.63, 3.8) is 0 Å². The maximum Gasteiger partial charge on any atom is 0.269 e. The van der Waals surface area contributed by atoms with Gasteiger partial charge in [0.1, 0.15) is 33.6 Å². The highest BCUT2D eigenvalue weighted by atomic mass is 32.1. The predicted molar refractivity (Wildman–Crippen MR) is 158 cm³/mol. The van der Waals surface area contributed by atoms with Crippen LogP contribution in [0.1, 0.15) is 65.5 Å². The third-order valence-electron chi connectivity index (χ3n) is 6.97. The highest BCUT2D eigenvalue weighted by molar-refractivity contribution is 7.17. The molecule has 0 aliphatic heterocycles. The van der Waals surface area contributed by atoms with Crippen LogP contribution in [0.5, 0.6) is 11.6 Å². The molecule has 3 heterocycles. The molecule has 0 bridgehead atoms. The maximum absolute atomic E-state index is 13.5. The Morgan fingerprint density at radius 1 is 1.15 bits per heavy atom. The Morgan fingerprint density at radius 3 is 2.56 bits per heavy atom. The summed E-state index contributed by atoms with van der Waals surface area (Å²) in [6, 6.07) is 14.4. The second kappa shape index (κ2) is 11.0. The number of aromatic nitrogens is 2. The molecule has 0 radical (unpaired) electrons. The molecular formula is C31H29N5O4S. The molecule has 5 rings (SSSR count). The first-order valence-electron chi connectivity index (χ1n) is 13.2. The summed E-state index contributed by atoms with van der Waals surface area (Å²) in [5.41, 5.74) is 7.25. The standard InChI is InChI=1S/C31H29N5O4S/c1-31(2,3)19-11-13-20(14-12-19)40-28-22(30(39)36-15-7-6-10-24(36)34-28)16-18(17-32)27(38)35-29-25(26(33)37)21-8-4-5-9-23(21)41-29/h6-7,10-16H,4-5,8-9H2,1-3H3,(H2,33,37)(H,35,38). The third kappa shape index (κ3) is 5.62. The summed E-state index contributed by atoms with van der Waals surface area (Å²) in [6.07, 6.45) is 6.14. The van der Waals surface area contributed by atoms with E-state index in [-0.39, 0.29) is 28.0 Å². The number of rotatable bonds is 6. The molecule has 10 heteroatoms. The van der Waals surface area contributed by atoms with E-state index in [4.69, 9.17) is 10.5 Å². The molecule has 0 atom stereocenters. The van der Waals surface area contributed by atoms with E-state index in [1.165, 1.54) is 21.8 Å². The fourth-order valence-corrected chi connectivity index (χ4v) is 6.09. The molecule has 2 amide bonds. The number of ether oxygens (including phenoxy) is 1.